The number of rotatable bonds is 5. The van der Waals surface area contributed by atoms with Gasteiger partial charge in [-0.15, -0.1) is 0 Å². The lowest BCUT2D eigenvalue weighted by Crippen LogP contribution is -2.42. The second-order valence-corrected chi connectivity index (χ2v) is 6.14. The highest BCUT2D eigenvalue weighted by molar-refractivity contribution is 6.30. The molecule has 0 aromatic heterocycles. The number of likely N-dealkylation sites (tertiary alicyclic amines) is 1. The van der Waals surface area contributed by atoms with Gasteiger partial charge < -0.3 is 15.1 Å². The standard InChI is InChI=1S/C16H26ClN3/c1-4-18-12-13-5-6-14(17)11-16(13)20(3)15-7-9-19(2)10-8-15/h5-6,11,15,18H,4,7-10,12H2,1-3H3. The van der Waals surface area contributed by atoms with Gasteiger partial charge in [0.2, 0.25) is 0 Å². The molecule has 4 heteroatoms. The molecule has 1 aromatic carbocycles. The Labute approximate surface area is 127 Å². The molecule has 0 unspecified atom stereocenters. The molecule has 0 aliphatic carbocycles. The van der Waals surface area contributed by atoms with Crippen LogP contribution in [-0.2, 0) is 6.54 Å². The fourth-order valence-corrected chi connectivity index (χ4v) is 3.02. The van der Waals surface area contributed by atoms with Gasteiger partial charge in [0.05, 0.1) is 0 Å². The van der Waals surface area contributed by atoms with Gasteiger partial charge in [0.25, 0.3) is 0 Å². The summed E-state index contributed by atoms with van der Waals surface area (Å²) >= 11 is 6.20. The van der Waals surface area contributed by atoms with E-state index in [9.17, 15) is 0 Å². The zero-order valence-corrected chi connectivity index (χ0v) is 13.6. The van der Waals surface area contributed by atoms with Crippen molar-refractivity contribution in [2.75, 3.05) is 38.6 Å². The van der Waals surface area contributed by atoms with Crippen LogP contribution in [-0.4, -0.2) is 44.7 Å². The van der Waals surface area contributed by atoms with E-state index in [4.69, 9.17) is 11.6 Å². The van der Waals surface area contributed by atoms with Crippen molar-refractivity contribution >= 4 is 17.3 Å². The highest BCUT2D eigenvalue weighted by Crippen LogP contribution is 2.28. The van der Waals surface area contributed by atoms with Crippen LogP contribution in [0.2, 0.25) is 5.02 Å². The lowest BCUT2D eigenvalue weighted by Gasteiger charge is -2.37. The molecule has 0 saturated carbocycles. The molecule has 0 atom stereocenters. The van der Waals surface area contributed by atoms with E-state index < -0.39 is 0 Å². The van der Waals surface area contributed by atoms with Crippen LogP contribution in [0.25, 0.3) is 0 Å². The Kier molecular flexibility index (Phi) is 5.70. The average Bonchev–Trinajstić information content (AvgIpc) is 2.46. The Bertz CT molecular complexity index is 428. The maximum atomic E-state index is 6.20. The number of halogens is 1. The third-order valence-electron chi connectivity index (χ3n) is 4.23. The number of nitrogens with one attached hydrogen (secondary N) is 1. The van der Waals surface area contributed by atoms with Gasteiger partial charge in [-0.05, 0) is 57.2 Å². The quantitative estimate of drug-likeness (QED) is 0.901. The molecule has 1 N–H and O–H groups in total. The maximum absolute atomic E-state index is 6.20. The highest BCUT2D eigenvalue weighted by atomic mass is 35.5. The van der Waals surface area contributed by atoms with E-state index in [0.717, 1.165) is 18.1 Å². The van der Waals surface area contributed by atoms with Crippen molar-refractivity contribution in [1.29, 1.82) is 0 Å². The molecule has 0 spiro atoms. The van der Waals surface area contributed by atoms with E-state index in [1.54, 1.807) is 0 Å². The zero-order chi connectivity index (χ0) is 14.5. The summed E-state index contributed by atoms with van der Waals surface area (Å²) in [5.41, 5.74) is 2.60. The van der Waals surface area contributed by atoms with Crippen LogP contribution in [0.5, 0.6) is 0 Å². The Hall–Kier alpha value is -0.770. The van der Waals surface area contributed by atoms with E-state index in [0.29, 0.717) is 6.04 Å². The third-order valence-corrected chi connectivity index (χ3v) is 4.46. The Morgan fingerprint density at radius 1 is 1.35 bits per heavy atom. The van der Waals surface area contributed by atoms with Crippen molar-refractivity contribution in [2.45, 2.75) is 32.4 Å². The van der Waals surface area contributed by atoms with E-state index >= 15 is 0 Å². The molecule has 20 heavy (non-hydrogen) atoms. The molecular weight excluding hydrogens is 270 g/mol. The number of benzene rings is 1. The molecule has 3 nitrogen and oxygen atoms in total. The zero-order valence-electron chi connectivity index (χ0n) is 12.8. The first-order valence-corrected chi connectivity index (χ1v) is 7.90. The first kappa shape index (κ1) is 15.6. The van der Waals surface area contributed by atoms with Crippen LogP contribution in [0.3, 0.4) is 0 Å². The Morgan fingerprint density at radius 2 is 2.05 bits per heavy atom. The second kappa shape index (κ2) is 7.30. The van der Waals surface area contributed by atoms with E-state index in [2.05, 4.69) is 48.3 Å². The smallest absolute Gasteiger partial charge is 0.0426 e. The monoisotopic (exact) mass is 295 g/mol. The van der Waals surface area contributed by atoms with Crippen molar-refractivity contribution < 1.29 is 0 Å². The fraction of sp³-hybridized carbons (Fsp3) is 0.625. The molecule has 2 rings (SSSR count). The van der Waals surface area contributed by atoms with Crippen LogP contribution in [0.1, 0.15) is 25.3 Å². The topological polar surface area (TPSA) is 18.5 Å². The minimum Gasteiger partial charge on any atom is -0.371 e. The van der Waals surface area contributed by atoms with Crippen LogP contribution in [0.15, 0.2) is 18.2 Å². The van der Waals surface area contributed by atoms with Gasteiger partial charge in [0.15, 0.2) is 0 Å². The normalized spacial score (nSPS) is 17.4. The molecule has 1 aliphatic rings. The first-order chi connectivity index (χ1) is 9.61. The predicted octanol–water partition coefficient (Wildman–Crippen LogP) is 2.98. The number of piperidine rings is 1. The van der Waals surface area contributed by atoms with E-state index in [1.165, 1.54) is 37.2 Å². The highest BCUT2D eigenvalue weighted by Gasteiger charge is 2.22. The molecule has 0 radical (unpaired) electrons. The van der Waals surface area contributed by atoms with Crippen LogP contribution >= 0.6 is 11.6 Å². The summed E-state index contributed by atoms with van der Waals surface area (Å²) in [6.45, 7) is 6.38. The summed E-state index contributed by atoms with van der Waals surface area (Å²) in [5, 5.41) is 4.23. The molecule has 1 fully saturated rings. The summed E-state index contributed by atoms with van der Waals surface area (Å²) in [4.78, 5) is 4.83. The molecular formula is C16H26ClN3. The summed E-state index contributed by atoms with van der Waals surface area (Å²) < 4.78 is 0. The van der Waals surface area contributed by atoms with Crippen molar-refractivity contribution in [1.82, 2.24) is 10.2 Å². The van der Waals surface area contributed by atoms with Gasteiger partial charge in [-0.3, -0.25) is 0 Å². The largest absolute Gasteiger partial charge is 0.371 e. The maximum Gasteiger partial charge on any atom is 0.0426 e. The summed E-state index contributed by atoms with van der Waals surface area (Å²) in [6, 6.07) is 6.85. The minimum absolute atomic E-state index is 0.616. The van der Waals surface area contributed by atoms with E-state index in [1.807, 2.05) is 6.07 Å². The van der Waals surface area contributed by atoms with Crippen molar-refractivity contribution in [3.63, 3.8) is 0 Å². The molecule has 0 amide bonds. The lowest BCUT2D eigenvalue weighted by molar-refractivity contribution is 0.252. The van der Waals surface area contributed by atoms with Crippen LogP contribution in [0, 0.1) is 0 Å². The van der Waals surface area contributed by atoms with Crippen molar-refractivity contribution in [2.24, 2.45) is 0 Å². The van der Waals surface area contributed by atoms with Gasteiger partial charge in [0.1, 0.15) is 0 Å². The van der Waals surface area contributed by atoms with Crippen molar-refractivity contribution in [3.05, 3.63) is 28.8 Å². The second-order valence-electron chi connectivity index (χ2n) is 5.70. The van der Waals surface area contributed by atoms with Gasteiger partial charge in [0, 0.05) is 30.3 Å². The Morgan fingerprint density at radius 3 is 2.70 bits per heavy atom. The number of nitrogens with zero attached hydrogens (tertiary/aromatic N) is 2. The summed E-state index contributed by atoms with van der Waals surface area (Å²) in [5.74, 6) is 0. The molecule has 0 bridgehead atoms. The number of hydrogen-bond donors (Lipinski definition) is 1. The number of hydrogen-bond acceptors (Lipinski definition) is 3. The Balaban J connectivity index is 2.14. The summed E-state index contributed by atoms with van der Waals surface area (Å²) in [7, 11) is 4.41. The van der Waals surface area contributed by atoms with Gasteiger partial charge in [-0.25, -0.2) is 0 Å². The van der Waals surface area contributed by atoms with Gasteiger partial charge in [-0.1, -0.05) is 24.6 Å². The SMILES string of the molecule is CCNCc1ccc(Cl)cc1N(C)C1CCN(C)CC1. The molecule has 112 valence electrons. The van der Waals surface area contributed by atoms with Gasteiger partial charge >= 0.3 is 0 Å². The van der Waals surface area contributed by atoms with E-state index in [-0.39, 0.29) is 0 Å². The lowest BCUT2D eigenvalue weighted by atomic mass is 10.0. The van der Waals surface area contributed by atoms with Crippen LogP contribution in [0.4, 0.5) is 5.69 Å². The summed E-state index contributed by atoms with van der Waals surface area (Å²) in [6.07, 6.45) is 2.44. The first-order valence-electron chi connectivity index (χ1n) is 7.52. The van der Waals surface area contributed by atoms with Crippen LogP contribution < -0.4 is 10.2 Å². The average molecular weight is 296 g/mol. The molecule has 1 aromatic rings. The fourth-order valence-electron chi connectivity index (χ4n) is 2.85. The van der Waals surface area contributed by atoms with Crippen molar-refractivity contribution in [3.8, 4) is 0 Å². The molecule has 1 aliphatic heterocycles. The predicted molar refractivity (Wildman–Crippen MR) is 87.8 cm³/mol. The van der Waals surface area contributed by atoms with Gasteiger partial charge in [-0.2, -0.15) is 0 Å². The minimum atomic E-state index is 0.616. The third kappa shape index (κ3) is 3.87. The molecule has 1 heterocycles. The molecule has 1 saturated heterocycles. The number of anilines is 1.